The minimum Gasteiger partial charge on any atom is -0.495 e. The van der Waals surface area contributed by atoms with E-state index in [4.69, 9.17) is 15.7 Å². The number of carbonyl (C=O) groups excluding carboxylic acids is 1. The molecule has 0 spiro atoms. The molecular weight excluding hydrogens is 260 g/mol. The predicted molar refractivity (Wildman–Crippen MR) is 77.3 cm³/mol. The van der Waals surface area contributed by atoms with Crippen molar-refractivity contribution >= 4 is 17.6 Å². The van der Waals surface area contributed by atoms with Crippen LogP contribution < -0.4 is 15.8 Å². The Bertz CT molecular complexity index is 476. The molecule has 7 heteroatoms. The smallest absolute Gasteiger partial charge is 0.321 e. The molecule has 0 radical (unpaired) electrons. The summed E-state index contributed by atoms with van der Waals surface area (Å²) in [5.41, 5.74) is 6.00. The lowest BCUT2D eigenvalue weighted by Gasteiger charge is -2.21. The van der Waals surface area contributed by atoms with E-state index in [1.165, 1.54) is 0 Å². The molecule has 0 aliphatic rings. The van der Waals surface area contributed by atoms with E-state index in [-0.39, 0.29) is 11.9 Å². The highest BCUT2D eigenvalue weighted by molar-refractivity contribution is 5.91. The van der Waals surface area contributed by atoms with E-state index >= 15 is 0 Å². The fourth-order valence-electron chi connectivity index (χ4n) is 1.64. The second-order valence-corrected chi connectivity index (χ2v) is 4.05. The van der Waals surface area contributed by atoms with E-state index in [2.05, 4.69) is 10.5 Å². The molecule has 1 aromatic rings. The van der Waals surface area contributed by atoms with Gasteiger partial charge >= 0.3 is 6.03 Å². The summed E-state index contributed by atoms with van der Waals surface area (Å²) in [6, 6.07) is 6.90. The van der Waals surface area contributed by atoms with E-state index < -0.39 is 0 Å². The molecule has 0 atom stereocenters. The highest BCUT2D eigenvalue weighted by atomic mass is 16.5. The Morgan fingerprint density at radius 1 is 1.50 bits per heavy atom. The summed E-state index contributed by atoms with van der Waals surface area (Å²) in [4.78, 5) is 13.7. The number of urea groups is 1. The van der Waals surface area contributed by atoms with Crippen molar-refractivity contribution in [3.05, 3.63) is 24.3 Å². The summed E-state index contributed by atoms with van der Waals surface area (Å²) in [6.45, 7) is 2.74. The van der Waals surface area contributed by atoms with Crippen LogP contribution in [0.3, 0.4) is 0 Å². The molecule has 4 N–H and O–H groups in total. The molecular formula is C13H20N4O3. The number of nitrogens with zero attached hydrogens (tertiary/aromatic N) is 2. The van der Waals surface area contributed by atoms with Gasteiger partial charge in [0.2, 0.25) is 0 Å². The number of nitrogens with one attached hydrogen (secondary N) is 1. The van der Waals surface area contributed by atoms with Crippen molar-refractivity contribution in [2.24, 2.45) is 10.9 Å². The standard InChI is InChI=1S/C13H20N4O3/c1-3-17(9-8-12(14)16-19)13(18)15-10-6-4-5-7-11(10)20-2/h4-7,19H,3,8-9H2,1-2H3,(H2,14,16)(H,15,18). The summed E-state index contributed by atoms with van der Waals surface area (Å²) >= 11 is 0. The third-order valence-electron chi connectivity index (χ3n) is 2.78. The largest absolute Gasteiger partial charge is 0.495 e. The summed E-state index contributed by atoms with van der Waals surface area (Å²) in [5, 5.41) is 14.1. The number of para-hydroxylation sites is 2. The minimum absolute atomic E-state index is 0.0912. The quantitative estimate of drug-likeness (QED) is 0.319. The zero-order valence-corrected chi connectivity index (χ0v) is 11.7. The first kappa shape index (κ1) is 15.6. The lowest BCUT2D eigenvalue weighted by Crippen LogP contribution is -2.37. The van der Waals surface area contributed by atoms with Gasteiger partial charge in [-0.05, 0) is 19.1 Å². The first-order chi connectivity index (χ1) is 9.62. The molecule has 0 saturated heterocycles. The Morgan fingerprint density at radius 3 is 2.80 bits per heavy atom. The molecule has 0 bridgehead atoms. The Hall–Kier alpha value is -2.44. The molecule has 0 heterocycles. The van der Waals surface area contributed by atoms with Crippen LogP contribution in [0.2, 0.25) is 0 Å². The number of amidine groups is 1. The molecule has 1 aromatic carbocycles. The van der Waals surface area contributed by atoms with Gasteiger partial charge in [-0.15, -0.1) is 0 Å². The van der Waals surface area contributed by atoms with E-state index in [0.717, 1.165) is 0 Å². The van der Waals surface area contributed by atoms with Gasteiger partial charge in [-0.2, -0.15) is 0 Å². The van der Waals surface area contributed by atoms with Crippen molar-refractivity contribution in [3.63, 3.8) is 0 Å². The number of hydrogen-bond donors (Lipinski definition) is 3. The van der Waals surface area contributed by atoms with E-state index in [0.29, 0.717) is 30.9 Å². The fraction of sp³-hybridized carbons (Fsp3) is 0.385. The lowest BCUT2D eigenvalue weighted by atomic mass is 10.3. The van der Waals surface area contributed by atoms with Gasteiger partial charge in [0, 0.05) is 19.5 Å². The van der Waals surface area contributed by atoms with Crippen LogP contribution in [0.1, 0.15) is 13.3 Å². The monoisotopic (exact) mass is 280 g/mol. The van der Waals surface area contributed by atoms with Gasteiger partial charge in [0.15, 0.2) is 0 Å². The normalized spacial score (nSPS) is 11.0. The Labute approximate surface area is 118 Å². The topological polar surface area (TPSA) is 100 Å². The zero-order valence-electron chi connectivity index (χ0n) is 11.7. The van der Waals surface area contributed by atoms with Crippen LogP contribution in [0.5, 0.6) is 5.75 Å². The van der Waals surface area contributed by atoms with Crippen LogP contribution in [0, 0.1) is 0 Å². The van der Waals surface area contributed by atoms with Gasteiger partial charge in [0.1, 0.15) is 11.6 Å². The Balaban J connectivity index is 2.67. The van der Waals surface area contributed by atoms with Gasteiger partial charge in [0.05, 0.1) is 12.8 Å². The van der Waals surface area contributed by atoms with Crippen molar-refractivity contribution in [2.45, 2.75) is 13.3 Å². The predicted octanol–water partition coefficient (Wildman–Crippen LogP) is 1.69. The molecule has 2 amide bonds. The molecule has 110 valence electrons. The van der Waals surface area contributed by atoms with Gasteiger partial charge in [0.25, 0.3) is 0 Å². The Kier molecular flexibility index (Phi) is 6.15. The zero-order chi connectivity index (χ0) is 15.0. The number of ether oxygens (including phenoxy) is 1. The van der Waals surface area contributed by atoms with Gasteiger partial charge < -0.3 is 25.9 Å². The molecule has 20 heavy (non-hydrogen) atoms. The third-order valence-corrected chi connectivity index (χ3v) is 2.78. The van der Waals surface area contributed by atoms with E-state index in [1.807, 2.05) is 19.1 Å². The number of amides is 2. The summed E-state index contributed by atoms with van der Waals surface area (Å²) < 4.78 is 5.17. The average molecular weight is 280 g/mol. The van der Waals surface area contributed by atoms with Crippen molar-refractivity contribution in [1.29, 1.82) is 0 Å². The maximum Gasteiger partial charge on any atom is 0.321 e. The van der Waals surface area contributed by atoms with Crippen LogP contribution in [-0.4, -0.2) is 42.2 Å². The number of rotatable bonds is 6. The SMILES string of the molecule is CCN(CCC(N)=NO)C(=O)Nc1ccccc1OC. The van der Waals surface area contributed by atoms with Crippen LogP contribution in [0.15, 0.2) is 29.4 Å². The van der Waals surface area contributed by atoms with Gasteiger partial charge in [-0.25, -0.2) is 4.79 Å². The number of hydrogen-bond acceptors (Lipinski definition) is 4. The summed E-state index contributed by atoms with van der Waals surface area (Å²) in [5.74, 6) is 0.682. The molecule has 0 saturated carbocycles. The first-order valence-corrected chi connectivity index (χ1v) is 6.27. The van der Waals surface area contributed by atoms with E-state index in [9.17, 15) is 4.79 Å². The van der Waals surface area contributed by atoms with Crippen molar-refractivity contribution in [2.75, 3.05) is 25.5 Å². The van der Waals surface area contributed by atoms with Crippen molar-refractivity contribution in [1.82, 2.24) is 4.90 Å². The minimum atomic E-state index is -0.261. The second-order valence-electron chi connectivity index (χ2n) is 4.05. The average Bonchev–Trinajstić information content (AvgIpc) is 2.48. The van der Waals surface area contributed by atoms with Gasteiger partial charge in [-0.3, -0.25) is 0 Å². The molecule has 1 rings (SSSR count). The maximum absolute atomic E-state index is 12.1. The van der Waals surface area contributed by atoms with Crippen molar-refractivity contribution < 1.29 is 14.7 Å². The molecule has 0 unspecified atom stereocenters. The Morgan fingerprint density at radius 2 is 2.20 bits per heavy atom. The third kappa shape index (κ3) is 4.34. The lowest BCUT2D eigenvalue weighted by molar-refractivity contribution is 0.215. The second kappa shape index (κ2) is 7.88. The number of nitrogens with two attached hydrogens (primary N) is 1. The van der Waals surface area contributed by atoms with Gasteiger partial charge in [-0.1, -0.05) is 17.3 Å². The molecule has 0 aromatic heterocycles. The maximum atomic E-state index is 12.1. The summed E-state index contributed by atoms with van der Waals surface area (Å²) in [6.07, 6.45) is 0.309. The highest BCUT2D eigenvalue weighted by Crippen LogP contribution is 2.23. The number of methoxy groups -OCH3 is 1. The molecule has 7 nitrogen and oxygen atoms in total. The summed E-state index contributed by atoms with van der Waals surface area (Å²) in [7, 11) is 1.54. The molecule has 0 fully saturated rings. The number of anilines is 1. The van der Waals surface area contributed by atoms with Crippen LogP contribution in [0.25, 0.3) is 0 Å². The fourth-order valence-corrected chi connectivity index (χ4v) is 1.64. The number of benzene rings is 1. The highest BCUT2D eigenvalue weighted by Gasteiger charge is 2.14. The van der Waals surface area contributed by atoms with E-state index in [1.54, 1.807) is 24.1 Å². The van der Waals surface area contributed by atoms with Crippen molar-refractivity contribution in [3.8, 4) is 5.75 Å². The molecule has 0 aliphatic carbocycles. The molecule has 0 aliphatic heterocycles. The first-order valence-electron chi connectivity index (χ1n) is 6.27. The van der Waals surface area contributed by atoms with Crippen LogP contribution in [0.4, 0.5) is 10.5 Å². The van der Waals surface area contributed by atoms with Crippen LogP contribution >= 0.6 is 0 Å². The number of oxime groups is 1. The number of carbonyl (C=O) groups is 1. The van der Waals surface area contributed by atoms with Crippen LogP contribution in [-0.2, 0) is 0 Å².